The highest BCUT2D eigenvalue weighted by Crippen LogP contribution is 2.40. The minimum atomic E-state index is -0.810. The van der Waals surface area contributed by atoms with Crippen molar-refractivity contribution < 1.29 is 19.4 Å². The van der Waals surface area contributed by atoms with Gasteiger partial charge in [-0.2, -0.15) is 0 Å². The highest BCUT2D eigenvalue weighted by molar-refractivity contribution is 5.79. The third-order valence-corrected chi connectivity index (χ3v) is 6.29. The van der Waals surface area contributed by atoms with Gasteiger partial charge in [-0.1, -0.05) is 0 Å². The van der Waals surface area contributed by atoms with Crippen LogP contribution in [-0.2, 0) is 9.53 Å². The fraction of sp³-hybridized carbons (Fsp3) is 0.875. The number of carbonyl (C=O) groups excluding carboxylic acids is 1. The van der Waals surface area contributed by atoms with E-state index in [4.69, 9.17) is 4.74 Å². The topological polar surface area (TPSA) is 82.1 Å². The summed E-state index contributed by atoms with van der Waals surface area (Å²) in [6.07, 6.45) is 3.74. The lowest BCUT2D eigenvalue weighted by Gasteiger charge is -2.51. The van der Waals surface area contributed by atoms with E-state index in [2.05, 4.69) is 10.2 Å². The minimum absolute atomic E-state index is 0.00406. The van der Waals surface area contributed by atoms with Crippen molar-refractivity contribution in [1.29, 1.82) is 0 Å². The standard InChI is InChI=1S/C16H25N3O4/c20-14-7-16(10-17-14)1-3-18(4-2-16)11-5-12-8-23-9-13(6-11)19(12)15(21)22/h11-13H,1-10H2,(H,17,20)(H,21,22). The number of hydrogen-bond acceptors (Lipinski definition) is 4. The first-order chi connectivity index (χ1) is 11.1. The molecule has 4 aliphatic rings. The second-order valence-corrected chi connectivity index (χ2v) is 7.65. The quantitative estimate of drug-likeness (QED) is 0.734. The van der Waals surface area contributed by atoms with E-state index in [0.29, 0.717) is 25.7 Å². The molecular weight excluding hydrogens is 298 g/mol. The average Bonchev–Trinajstić information content (AvgIpc) is 2.87. The number of fused-ring (bicyclic) bond motifs is 2. The molecule has 2 atom stereocenters. The van der Waals surface area contributed by atoms with Crippen molar-refractivity contribution in [3.05, 3.63) is 0 Å². The molecule has 4 aliphatic heterocycles. The van der Waals surface area contributed by atoms with Crippen LogP contribution in [0.25, 0.3) is 0 Å². The van der Waals surface area contributed by atoms with E-state index in [9.17, 15) is 14.7 Å². The average molecular weight is 323 g/mol. The van der Waals surface area contributed by atoms with Crippen molar-refractivity contribution in [3.63, 3.8) is 0 Å². The molecule has 0 aromatic carbocycles. The number of nitrogens with zero attached hydrogens (tertiary/aromatic N) is 2. The lowest BCUT2D eigenvalue weighted by atomic mass is 9.76. The molecule has 2 amide bonds. The molecule has 4 fully saturated rings. The monoisotopic (exact) mass is 323 g/mol. The van der Waals surface area contributed by atoms with E-state index in [1.54, 1.807) is 4.90 Å². The summed E-state index contributed by atoms with van der Waals surface area (Å²) in [6, 6.07) is 0.443. The largest absolute Gasteiger partial charge is 0.465 e. The van der Waals surface area contributed by atoms with Crippen LogP contribution in [0.5, 0.6) is 0 Å². The summed E-state index contributed by atoms with van der Waals surface area (Å²) < 4.78 is 5.57. The fourth-order valence-electron chi connectivity index (χ4n) is 4.97. The van der Waals surface area contributed by atoms with Crippen LogP contribution in [0.2, 0.25) is 0 Å². The van der Waals surface area contributed by atoms with Gasteiger partial charge in [-0.25, -0.2) is 4.79 Å². The number of carboxylic acid groups (broad SMARTS) is 1. The van der Waals surface area contributed by atoms with Crippen LogP contribution in [0.4, 0.5) is 4.79 Å². The predicted molar refractivity (Wildman–Crippen MR) is 82.1 cm³/mol. The molecule has 23 heavy (non-hydrogen) atoms. The molecule has 0 aromatic heterocycles. The third kappa shape index (κ3) is 2.70. The number of carbonyl (C=O) groups is 2. The summed E-state index contributed by atoms with van der Waals surface area (Å²) >= 11 is 0. The van der Waals surface area contributed by atoms with Gasteiger partial charge in [0.25, 0.3) is 0 Å². The molecule has 7 heteroatoms. The van der Waals surface area contributed by atoms with Gasteiger partial charge in [0.1, 0.15) is 0 Å². The summed E-state index contributed by atoms with van der Waals surface area (Å²) in [5.41, 5.74) is 0.175. The second kappa shape index (κ2) is 5.63. The van der Waals surface area contributed by atoms with Crippen molar-refractivity contribution in [1.82, 2.24) is 15.1 Å². The van der Waals surface area contributed by atoms with Crippen LogP contribution in [0.1, 0.15) is 32.1 Å². The predicted octanol–water partition coefficient (Wildman–Crippen LogP) is 0.498. The highest BCUT2D eigenvalue weighted by Gasteiger charge is 2.46. The maximum absolute atomic E-state index is 11.5. The van der Waals surface area contributed by atoms with Crippen molar-refractivity contribution in [3.8, 4) is 0 Å². The summed E-state index contributed by atoms with van der Waals surface area (Å²) in [5.74, 6) is 0.194. The van der Waals surface area contributed by atoms with E-state index < -0.39 is 6.09 Å². The molecule has 0 saturated carbocycles. The Hall–Kier alpha value is -1.34. The van der Waals surface area contributed by atoms with E-state index in [1.807, 2.05) is 0 Å². The highest BCUT2D eigenvalue weighted by atomic mass is 16.5. The Balaban J connectivity index is 1.39. The molecular formula is C16H25N3O4. The van der Waals surface area contributed by atoms with Gasteiger partial charge in [-0.3, -0.25) is 9.69 Å². The van der Waals surface area contributed by atoms with Gasteiger partial charge in [-0.05, 0) is 44.2 Å². The first-order valence-corrected chi connectivity index (χ1v) is 8.66. The maximum atomic E-state index is 11.5. The zero-order valence-corrected chi connectivity index (χ0v) is 13.4. The van der Waals surface area contributed by atoms with Gasteiger partial charge in [0.2, 0.25) is 5.91 Å². The molecule has 128 valence electrons. The molecule has 7 nitrogen and oxygen atoms in total. The SMILES string of the molecule is O=C1CC2(CCN(C3CC4COCC(C3)N4C(=O)O)CC2)CN1. The van der Waals surface area contributed by atoms with Crippen molar-refractivity contribution in [2.75, 3.05) is 32.8 Å². The van der Waals surface area contributed by atoms with Gasteiger partial charge in [0.05, 0.1) is 25.3 Å². The van der Waals surface area contributed by atoms with Crippen LogP contribution in [0, 0.1) is 5.41 Å². The summed E-state index contributed by atoms with van der Waals surface area (Å²) in [7, 11) is 0. The van der Waals surface area contributed by atoms with E-state index in [-0.39, 0.29) is 23.4 Å². The first kappa shape index (κ1) is 15.2. The van der Waals surface area contributed by atoms with Crippen molar-refractivity contribution >= 4 is 12.0 Å². The van der Waals surface area contributed by atoms with Gasteiger partial charge in [0.15, 0.2) is 0 Å². The minimum Gasteiger partial charge on any atom is -0.465 e. The molecule has 0 aliphatic carbocycles. The molecule has 0 aromatic rings. The fourth-order valence-corrected chi connectivity index (χ4v) is 4.97. The molecule has 2 N–H and O–H groups in total. The number of ether oxygens (including phenoxy) is 1. The van der Waals surface area contributed by atoms with E-state index >= 15 is 0 Å². The van der Waals surface area contributed by atoms with Crippen molar-refractivity contribution in [2.45, 2.75) is 50.2 Å². The zero-order valence-electron chi connectivity index (χ0n) is 13.4. The second-order valence-electron chi connectivity index (χ2n) is 7.65. The number of piperidine rings is 2. The Morgan fingerprint density at radius 1 is 1.17 bits per heavy atom. The van der Waals surface area contributed by atoms with Crippen LogP contribution in [0.3, 0.4) is 0 Å². The van der Waals surface area contributed by atoms with Crippen LogP contribution in [0.15, 0.2) is 0 Å². The Morgan fingerprint density at radius 2 is 1.83 bits per heavy atom. The molecule has 4 rings (SSSR count). The van der Waals surface area contributed by atoms with Gasteiger partial charge < -0.3 is 20.1 Å². The number of likely N-dealkylation sites (tertiary alicyclic amines) is 1. The Morgan fingerprint density at radius 3 is 2.35 bits per heavy atom. The first-order valence-electron chi connectivity index (χ1n) is 8.66. The normalized spacial score (nSPS) is 37.0. The Bertz CT molecular complexity index is 490. The number of rotatable bonds is 1. The molecule has 2 unspecified atom stereocenters. The summed E-state index contributed by atoms with van der Waals surface area (Å²) in [4.78, 5) is 27.1. The number of nitrogens with one attached hydrogen (secondary N) is 1. The van der Waals surface area contributed by atoms with Crippen LogP contribution >= 0.6 is 0 Å². The third-order valence-electron chi connectivity index (χ3n) is 6.29. The van der Waals surface area contributed by atoms with Gasteiger partial charge in [0, 0.05) is 19.0 Å². The van der Waals surface area contributed by atoms with Crippen molar-refractivity contribution in [2.24, 2.45) is 5.41 Å². The van der Waals surface area contributed by atoms with E-state index in [0.717, 1.165) is 45.3 Å². The lowest BCUT2D eigenvalue weighted by Crippen LogP contribution is -2.62. The van der Waals surface area contributed by atoms with Crippen LogP contribution < -0.4 is 5.32 Å². The molecule has 1 spiro atoms. The van der Waals surface area contributed by atoms with E-state index in [1.165, 1.54) is 0 Å². The summed E-state index contributed by atoms with van der Waals surface area (Å²) in [6.45, 7) is 3.92. The number of hydrogen-bond donors (Lipinski definition) is 2. The Labute approximate surface area is 135 Å². The van der Waals surface area contributed by atoms with Gasteiger partial charge >= 0.3 is 6.09 Å². The zero-order chi connectivity index (χ0) is 16.0. The molecule has 0 radical (unpaired) electrons. The molecule has 2 bridgehead atoms. The Kier molecular flexibility index (Phi) is 3.72. The maximum Gasteiger partial charge on any atom is 0.407 e. The van der Waals surface area contributed by atoms with Crippen LogP contribution in [-0.4, -0.2) is 77.9 Å². The van der Waals surface area contributed by atoms with Gasteiger partial charge in [-0.15, -0.1) is 0 Å². The smallest absolute Gasteiger partial charge is 0.407 e. The lowest BCUT2D eigenvalue weighted by molar-refractivity contribution is -0.120. The molecule has 4 saturated heterocycles. The number of morpholine rings is 1. The summed E-state index contributed by atoms with van der Waals surface area (Å²) in [5, 5.41) is 12.4. The molecule has 4 heterocycles. The number of amides is 2.